The summed E-state index contributed by atoms with van der Waals surface area (Å²) in [5.41, 5.74) is 2.99. The minimum atomic E-state index is -0.145. The first kappa shape index (κ1) is 18.6. The van der Waals surface area contributed by atoms with E-state index in [1.165, 1.54) is 0 Å². The molecule has 3 nitrogen and oxygen atoms in total. The van der Waals surface area contributed by atoms with E-state index >= 15 is 0 Å². The van der Waals surface area contributed by atoms with Gasteiger partial charge in [-0.1, -0.05) is 58.4 Å². The number of carbonyl (C=O) groups excluding carboxylic acids is 1. The molecule has 0 aliphatic carbocycles. The van der Waals surface area contributed by atoms with Crippen LogP contribution in [-0.2, 0) is 0 Å². The molecule has 0 saturated heterocycles. The summed E-state index contributed by atoms with van der Waals surface area (Å²) in [6, 6.07) is 27.1. The Morgan fingerprint density at radius 2 is 1.60 bits per heavy atom. The maximum Gasteiger partial charge on any atom is 0.228 e. The van der Waals surface area contributed by atoms with Crippen LogP contribution >= 0.6 is 15.9 Å². The highest BCUT2D eigenvalue weighted by Crippen LogP contribution is 2.40. The molecule has 0 amide bonds. The van der Waals surface area contributed by atoms with Gasteiger partial charge in [0.1, 0.15) is 11.3 Å². The van der Waals surface area contributed by atoms with E-state index in [4.69, 9.17) is 9.15 Å². The van der Waals surface area contributed by atoms with Crippen molar-refractivity contribution in [2.45, 2.75) is 0 Å². The highest BCUT2D eigenvalue weighted by molar-refractivity contribution is 9.10. The molecule has 1 heterocycles. The van der Waals surface area contributed by atoms with Crippen LogP contribution in [0.2, 0.25) is 0 Å². The van der Waals surface area contributed by atoms with Crippen molar-refractivity contribution < 1.29 is 13.9 Å². The predicted molar refractivity (Wildman–Crippen MR) is 123 cm³/mol. The molecule has 0 unspecified atom stereocenters. The zero-order valence-corrected chi connectivity index (χ0v) is 17.8. The Morgan fingerprint density at radius 1 is 0.867 bits per heavy atom. The maximum atomic E-state index is 13.4. The van der Waals surface area contributed by atoms with Gasteiger partial charge in [-0.3, -0.25) is 4.79 Å². The zero-order chi connectivity index (χ0) is 20.7. The second kappa shape index (κ2) is 7.47. The summed E-state index contributed by atoms with van der Waals surface area (Å²) >= 11 is 3.42. The van der Waals surface area contributed by atoms with E-state index in [0.717, 1.165) is 37.5 Å². The van der Waals surface area contributed by atoms with Crippen LogP contribution in [0, 0.1) is 0 Å². The summed E-state index contributed by atoms with van der Waals surface area (Å²) in [5, 5.41) is 3.10. The molecule has 146 valence electrons. The minimum absolute atomic E-state index is 0.145. The van der Waals surface area contributed by atoms with Gasteiger partial charge in [0.2, 0.25) is 5.78 Å². The summed E-state index contributed by atoms with van der Waals surface area (Å²) in [4.78, 5) is 13.4. The molecular formula is C26H17BrO3. The predicted octanol–water partition coefficient (Wildman–Crippen LogP) is 7.26. The van der Waals surface area contributed by atoms with E-state index in [0.29, 0.717) is 16.9 Å². The van der Waals surface area contributed by atoms with Crippen molar-refractivity contribution in [2.75, 3.05) is 7.11 Å². The zero-order valence-electron chi connectivity index (χ0n) is 16.2. The molecule has 1 aromatic heterocycles. The lowest BCUT2D eigenvalue weighted by atomic mass is 9.95. The number of carbonyl (C=O) groups is 1. The Bertz CT molecular complexity index is 1380. The lowest BCUT2D eigenvalue weighted by molar-refractivity contribution is 0.101. The Kier molecular flexibility index (Phi) is 4.64. The smallest absolute Gasteiger partial charge is 0.228 e. The second-order valence-electron chi connectivity index (χ2n) is 7.03. The van der Waals surface area contributed by atoms with Crippen LogP contribution < -0.4 is 4.74 Å². The van der Waals surface area contributed by atoms with Crippen molar-refractivity contribution in [3.63, 3.8) is 0 Å². The van der Waals surface area contributed by atoms with Crippen LogP contribution in [0.3, 0.4) is 0 Å². The highest BCUT2D eigenvalue weighted by Gasteiger charge is 2.24. The van der Waals surface area contributed by atoms with Crippen LogP contribution in [0.1, 0.15) is 16.1 Å². The maximum absolute atomic E-state index is 13.4. The first-order valence-corrected chi connectivity index (χ1v) is 10.3. The Balaban J connectivity index is 1.82. The van der Waals surface area contributed by atoms with Crippen LogP contribution in [0.4, 0.5) is 0 Å². The molecule has 0 atom stereocenters. The van der Waals surface area contributed by atoms with Gasteiger partial charge in [0.25, 0.3) is 0 Å². The molecule has 0 saturated carbocycles. The summed E-state index contributed by atoms with van der Waals surface area (Å²) < 4.78 is 12.4. The molecule has 0 spiro atoms. The average Bonchev–Trinajstić information content (AvgIpc) is 3.19. The van der Waals surface area contributed by atoms with Gasteiger partial charge in [-0.15, -0.1) is 0 Å². The number of hydrogen-bond donors (Lipinski definition) is 0. The number of ketones is 1. The summed E-state index contributed by atoms with van der Waals surface area (Å²) in [6.07, 6.45) is 0. The SMILES string of the molecule is COc1ccc(-c2c(C(=O)c3ccc(Br)cc3)oc3ccc4ccccc4c23)cc1. The average molecular weight is 457 g/mol. The van der Waals surface area contributed by atoms with Gasteiger partial charge >= 0.3 is 0 Å². The standard InChI is InChI=1S/C26H17BrO3/c1-29-20-13-8-17(9-14-20)23-24-21-5-3-2-4-16(21)10-15-22(24)30-26(23)25(28)18-6-11-19(27)12-7-18/h2-15H,1H3. The van der Waals surface area contributed by atoms with Crippen molar-refractivity contribution in [1.29, 1.82) is 0 Å². The molecule has 0 N–H and O–H groups in total. The monoisotopic (exact) mass is 456 g/mol. The Hall–Kier alpha value is -3.37. The van der Waals surface area contributed by atoms with Crippen LogP contribution in [-0.4, -0.2) is 12.9 Å². The van der Waals surface area contributed by atoms with Crippen molar-refractivity contribution in [2.24, 2.45) is 0 Å². The van der Waals surface area contributed by atoms with Crippen LogP contribution in [0.25, 0.3) is 32.9 Å². The molecular weight excluding hydrogens is 440 g/mol. The minimum Gasteiger partial charge on any atom is -0.497 e. The largest absolute Gasteiger partial charge is 0.497 e. The van der Waals surface area contributed by atoms with E-state index in [1.807, 2.05) is 60.7 Å². The van der Waals surface area contributed by atoms with Gasteiger partial charge in [-0.05, 0) is 58.8 Å². The van der Waals surface area contributed by atoms with E-state index in [9.17, 15) is 4.79 Å². The van der Waals surface area contributed by atoms with Gasteiger partial charge < -0.3 is 9.15 Å². The number of ether oxygens (including phenoxy) is 1. The van der Waals surface area contributed by atoms with Crippen molar-refractivity contribution >= 4 is 43.5 Å². The third kappa shape index (κ3) is 3.10. The van der Waals surface area contributed by atoms with Crippen molar-refractivity contribution in [3.8, 4) is 16.9 Å². The molecule has 0 radical (unpaired) electrons. The number of fused-ring (bicyclic) bond motifs is 3. The summed E-state index contributed by atoms with van der Waals surface area (Å²) in [6.45, 7) is 0. The fourth-order valence-corrected chi connectivity index (χ4v) is 4.06. The lowest BCUT2D eigenvalue weighted by Gasteiger charge is -2.07. The van der Waals surface area contributed by atoms with Gasteiger partial charge in [0, 0.05) is 21.0 Å². The molecule has 0 fully saturated rings. The Morgan fingerprint density at radius 3 is 2.33 bits per heavy atom. The van der Waals surface area contributed by atoms with E-state index in [-0.39, 0.29) is 5.78 Å². The van der Waals surface area contributed by atoms with Crippen LogP contribution in [0.15, 0.2) is 93.8 Å². The number of furan rings is 1. The van der Waals surface area contributed by atoms with Gasteiger partial charge in [-0.25, -0.2) is 0 Å². The van der Waals surface area contributed by atoms with Gasteiger partial charge in [-0.2, -0.15) is 0 Å². The second-order valence-corrected chi connectivity index (χ2v) is 7.95. The normalized spacial score (nSPS) is 11.1. The lowest BCUT2D eigenvalue weighted by Crippen LogP contribution is -2.01. The van der Waals surface area contributed by atoms with E-state index in [2.05, 4.69) is 28.1 Å². The number of hydrogen-bond acceptors (Lipinski definition) is 3. The first-order valence-electron chi connectivity index (χ1n) is 9.54. The molecule has 0 aliphatic rings. The van der Waals surface area contributed by atoms with E-state index < -0.39 is 0 Å². The Labute approximate surface area is 182 Å². The van der Waals surface area contributed by atoms with E-state index in [1.54, 1.807) is 19.2 Å². The first-order chi connectivity index (χ1) is 14.7. The summed E-state index contributed by atoms with van der Waals surface area (Å²) in [7, 11) is 1.64. The quantitative estimate of drug-likeness (QED) is 0.267. The molecule has 30 heavy (non-hydrogen) atoms. The number of halogens is 1. The molecule has 0 aliphatic heterocycles. The third-order valence-corrected chi connectivity index (χ3v) is 5.80. The molecule has 5 rings (SSSR count). The third-order valence-electron chi connectivity index (χ3n) is 5.27. The van der Waals surface area contributed by atoms with Crippen molar-refractivity contribution in [3.05, 3.63) is 101 Å². The number of benzene rings is 4. The molecule has 4 heteroatoms. The summed E-state index contributed by atoms with van der Waals surface area (Å²) in [5.74, 6) is 0.958. The molecule has 5 aromatic rings. The topological polar surface area (TPSA) is 39.4 Å². The van der Waals surface area contributed by atoms with Gasteiger partial charge in [0.05, 0.1) is 7.11 Å². The molecule has 4 aromatic carbocycles. The fraction of sp³-hybridized carbons (Fsp3) is 0.0385. The highest BCUT2D eigenvalue weighted by atomic mass is 79.9. The fourth-order valence-electron chi connectivity index (χ4n) is 3.79. The number of methoxy groups -OCH3 is 1. The van der Waals surface area contributed by atoms with Gasteiger partial charge in [0.15, 0.2) is 5.76 Å². The van der Waals surface area contributed by atoms with Crippen LogP contribution in [0.5, 0.6) is 5.75 Å². The number of rotatable bonds is 4. The molecule has 0 bridgehead atoms. The van der Waals surface area contributed by atoms with Crippen molar-refractivity contribution in [1.82, 2.24) is 0 Å².